The van der Waals surface area contributed by atoms with E-state index in [9.17, 15) is 18.0 Å². The second-order valence-corrected chi connectivity index (χ2v) is 4.38. The number of ether oxygens (including phenoxy) is 2. The number of alkyl halides is 3. The zero-order valence-electron chi connectivity index (χ0n) is 11.9. The van der Waals surface area contributed by atoms with Crippen LogP contribution in [0.2, 0.25) is 0 Å². The van der Waals surface area contributed by atoms with Crippen LogP contribution in [0.3, 0.4) is 0 Å². The maximum atomic E-state index is 13.0. The summed E-state index contributed by atoms with van der Waals surface area (Å²) < 4.78 is 48.9. The molecule has 0 aliphatic heterocycles. The molecule has 0 fully saturated rings. The summed E-state index contributed by atoms with van der Waals surface area (Å²) in [4.78, 5) is 11.4. The van der Waals surface area contributed by atoms with E-state index in [1.165, 1.54) is 19.1 Å². The van der Waals surface area contributed by atoms with Gasteiger partial charge in [-0.25, -0.2) is 4.79 Å². The molecule has 4 nitrogen and oxygen atoms in total. The SMILES string of the molecule is CCOC(=O)C(C)Oc1ccc(CCN)cc1C(F)(F)F. The minimum absolute atomic E-state index is 0.133. The largest absolute Gasteiger partial charge is 0.478 e. The first-order valence-electron chi connectivity index (χ1n) is 6.53. The van der Waals surface area contributed by atoms with Crippen molar-refractivity contribution in [1.29, 1.82) is 0 Å². The predicted octanol–water partition coefficient (Wildman–Crippen LogP) is 2.54. The fourth-order valence-corrected chi connectivity index (χ4v) is 1.72. The first kappa shape index (κ1) is 17.3. The summed E-state index contributed by atoms with van der Waals surface area (Å²) in [5, 5.41) is 0. The van der Waals surface area contributed by atoms with Crippen molar-refractivity contribution in [2.45, 2.75) is 32.5 Å². The van der Waals surface area contributed by atoms with Gasteiger partial charge in [0.15, 0.2) is 6.10 Å². The molecule has 21 heavy (non-hydrogen) atoms. The number of hydrogen-bond acceptors (Lipinski definition) is 4. The molecular weight excluding hydrogens is 287 g/mol. The first-order chi connectivity index (χ1) is 9.79. The van der Waals surface area contributed by atoms with Crippen LogP contribution >= 0.6 is 0 Å². The number of benzene rings is 1. The van der Waals surface area contributed by atoms with Crippen molar-refractivity contribution < 1.29 is 27.4 Å². The van der Waals surface area contributed by atoms with E-state index >= 15 is 0 Å². The molecule has 1 unspecified atom stereocenters. The molecule has 0 bridgehead atoms. The third-order valence-electron chi connectivity index (χ3n) is 2.70. The van der Waals surface area contributed by atoms with Crippen LogP contribution in [0.15, 0.2) is 18.2 Å². The molecule has 118 valence electrons. The van der Waals surface area contributed by atoms with Gasteiger partial charge in [0.05, 0.1) is 12.2 Å². The molecule has 2 N–H and O–H groups in total. The van der Waals surface area contributed by atoms with Crippen LogP contribution in [-0.4, -0.2) is 25.2 Å². The van der Waals surface area contributed by atoms with Gasteiger partial charge in [-0.2, -0.15) is 13.2 Å². The highest BCUT2D eigenvalue weighted by Gasteiger charge is 2.35. The van der Waals surface area contributed by atoms with E-state index in [0.29, 0.717) is 12.0 Å². The number of nitrogens with two attached hydrogens (primary N) is 1. The standard InChI is InChI=1S/C14H18F3NO3/c1-3-20-13(19)9(2)21-12-5-4-10(6-7-18)8-11(12)14(15,16)17/h4-5,8-9H,3,6-7,18H2,1-2H3. The van der Waals surface area contributed by atoms with Crippen LogP contribution in [0.1, 0.15) is 25.0 Å². The van der Waals surface area contributed by atoms with E-state index < -0.39 is 29.6 Å². The lowest BCUT2D eigenvalue weighted by molar-refractivity contribution is -0.152. The molecule has 7 heteroatoms. The quantitative estimate of drug-likeness (QED) is 0.820. The van der Waals surface area contributed by atoms with Gasteiger partial charge in [0.2, 0.25) is 0 Å². The van der Waals surface area contributed by atoms with Gasteiger partial charge in [0.1, 0.15) is 5.75 Å². The van der Waals surface area contributed by atoms with Gasteiger partial charge in [-0.05, 0) is 44.5 Å². The van der Waals surface area contributed by atoms with Crippen molar-refractivity contribution in [3.63, 3.8) is 0 Å². The molecule has 0 amide bonds. The lowest BCUT2D eigenvalue weighted by Crippen LogP contribution is -2.27. The van der Waals surface area contributed by atoms with Gasteiger partial charge in [-0.3, -0.25) is 0 Å². The lowest BCUT2D eigenvalue weighted by Gasteiger charge is -2.18. The molecule has 0 aliphatic carbocycles. The maximum Gasteiger partial charge on any atom is 0.419 e. The maximum absolute atomic E-state index is 13.0. The Kier molecular flexibility index (Phi) is 6.02. The summed E-state index contributed by atoms with van der Waals surface area (Å²) in [6.45, 7) is 3.32. The average molecular weight is 305 g/mol. The highest BCUT2D eigenvalue weighted by molar-refractivity contribution is 5.74. The summed E-state index contributed by atoms with van der Waals surface area (Å²) >= 11 is 0. The molecule has 0 saturated carbocycles. The molecule has 0 saturated heterocycles. The van der Waals surface area contributed by atoms with E-state index in [-0.39, 0.29) is 13.2 Å². The Labute approximate surface area is 121 Å². The van der Waals surface area contributed by atoms with Crippen LogP contribution < -0.4 is 10.5 Å². The molecule has 1 rings (SSSR count). The Bertz CT molecular complexity index is 489. The summed E-state index contributed by atoms with van der Waals surface area (Å²) in [6.07, 6.45) is -5.36. The van der Waals surface area contributed by atoms with Gasteiger partial charge >= 0.3 is 12.1 Å². The molecule has 1 aromatic carbocycles. The highest BCUT2D eigenvalue weighted by atomic mass is 19.4. The molecule has 0 aliphatic rings. The van der Waals surface area contributed by atoms with Crippen molar-refractivity contribution >= 4 is 5.97 Å². The summed E-state index contributed by atoms with van der Waals surface area (Å²) in [5.74, 6) is -1.11. The zero-order valence-corrected chi connectivity index (χ0v) is 11.9. The van der Waals surface area contributed by atoms with Crippen LogP contribution in [-0.2, 0) is 22.1 Å². The molecular formula is C14H18F3NO3. The molecule has 0 aromatic heterocycles. The molecule has 0 radical (unpaired) electrons. The molecule has 0 spiro atoms. The minimum Gasteiger partial charge on any atom is -0.478 e. The Morgan fingerprint density at radius 2 is 2.05 bits per heavy atom. The summed E-state index contributed by atoms with van der Waals surface area (Å²) in [7, 11) is 0. The van der Waals surface area contributed by atoms with Gasteiger partial charge in [0, 0.05) is 0 Å². The normalized spacial score (nSPS) is 12.9. The van der Waals surface area contributed by atoms with Crippen molar-refractivity contribution in [3.05, 3.63) is 29.3 Å². The fraction of sp³-hybridized carbons (Fsp3) is 0.500. The van der Waals surface area contributed by atoms with E-state index in [1.807, 2.05) is 0 Å². The number of halogens is 3. The van der Waals surface area contributed by atoms with E-state index in [2.05, 4.69) is 0 Å². The third-order valence-corrected chi connectivity index (χ3v) is 2.70. The summed E-state index contributed by atoms with van der Waals surface area (Å²) in [5.41, 5.74) is 4.87. The van der Waals surface area contributed by atoms with Crippen molar-refractivity contribution in [3.8, 4) is 5.75 Å². The third kappa shape index (κ3) is 4.93. The van der Waals surface area contributed by atoms with Crippen LogP contribution in [0.25, 0.3) is 0 Å². The second-order valence-electron chi connectivity index (χ2n) is 4.38. The van der Waals surface area contributed by atoms with E-state index in [0.717, 1.165) is 6.07 Å². The van der Waals surface area contributed by atoms with Crippen LogP contribution in [0.4, 0.5) is 13.2 Å². The van der Waals surface area contributed by atoms with E-state index in [4.69, 9.17) is 15.2 Å². The number of carbonyl (C=O) groups is 1. The average Bonchev–Trinajstić information content (AvgIpc) is 2.39. The topological polar surface area (TPSA) is 61.5 Å². The molecule has 0 heterocycles. The Balaban J connectivity index is 3.03. The van der Waals surface area contributed by atoms with Crippen LogP contribution in [0, 0.1) is 0 Å². The second kappa shape index (κ2) is 7.31. The number of carbonyl (C=O) groups excluding carboxylic acids is 1. The Morgan fingerprint density at radius 1 is 1.38 bits per heavy atom. The smallest absolute Gasteiger partial charge is 0.419 e. The number of esters is 1. The number of hydrogen-bond donors (Lipinski definition) is 1. The highest BCUT2D eigenvalue weighted by Crippen LogP contribution is 2.37. The van der Waals surface area contributed by atoms with Crippen molar-refractivity contribution in [2.24, 2.45) is 5.73 Å². The van der Waals surface area contributed by atoms with Crippen LogP contribution in [0.5, 0.6) is 5.75 Å². The minimum atomic E-state index is -4.58. The van der Waals surface area contributed by atoms with Gasteiger partial charge < -0.3 is 15.2 Å². The monoisotopic (exact) mass is 305 g/mol. The summed E-state index contributed by atoms with van der Waals surface area (Å²) in [6, 6.07) is 3.68. The first-order valence-corrected chi connectivity index (χ1v) is 6.53. The van der Waals surface area contributed by atoms with Crippen molar-refractivity contribution in [2.75, 3.05) is 13.2 Å². The van der Waals surface area contributed by atoms with E-state index in [1.54, 1.807) is 6.92 Å². The Morgan fingerprint density at radius 3 is 2.57 bits per heavy atom. The lowest BCUT2D eigenvalue weighted by atomic mass is 10.1. The molecule has 1 atom stereocenters. The Hall–Kier alpha value is -1.76. The number of rotatable bonds is 6. The van der Waals surface area contributed by atoms with Gasteiger partial charge in [0.25, 0.3) is 0 Å². The molecule has 1 aromatic rings. The van der Waals surface area contributed by atoms with Gasteiger partial charge in [-0.1, -0.05) is 6.07 Å². The van der Waals surface area contributed by atoms with Crippen molar-refractivity contribution in [1.82, 2.24) is 0 Å². The zero-order chi connectivity index (χ0) is 16.0. The van der Waals surface area contributed by atoms with Gasteiger partial charge in [-0.15, -0.1) is 0 Å². The predicted molar refractivity (Wildman–Crippen MR) is 70.9 cm³/mol. The fourth-order valence-electron chi connectivity index (χ4n) is 1.72.